The molecule has 4 heteroatoms. The van der Waals surface area contributed by atoms with E-state index < -0.39 is 5.97 Å². The third-order valence-corrected chi connectivity index (χ3v) is 3.82. The molecule has 0 amide bonds. The molecule has 0 aromatic heterocycles. The summed E-state index contributed by atoms with van der Waals surface area (Å²) in [6.07, 6.45) is 0.673. The Bertz CT molecular complexity index is 697. The largest absolute Gasteiger partial charge is 0.478 e. The second-order valence-corrected chi connectivity index (χ2v) is 4.94. The summed E-state index contributed by atoms with van der Waals surface area (Å²) in [5.74, 6) is -1.28. The number of fused-ring (bicyclic) bond motifs is 3. The Labute approximate surface area is 115 Å². The summed E-state index contributed by atoms with van der Waals surface area (Å²) in [6, 6.07) is 9.84. The van der Waals surface area contributed by atoms with Crippen molar-refractivity contribution in [3.8, 4) is 11.1 Å². The summed E-state index contributed by atoms with van der Waals surface area (Å²) in [4.78, 5) is 11.1. The predicted octanol–water partition coefficient (Wildman–Crippen LogP) is 2.99. The minimum absolute atomic E-state index is 0.0278. The average Bonchev–Trinajstić information content (AvgIpc) is 2.74. The summed E-state index contributed by atoms with van der Waals surface area (Å²) >= 11 is 0. The molecular formula is C16H14FNO2. The highest BCUT2D eigenvalue weighted by atomic mass is 19.1. The topological polar surface area (TPSA) is 63.3 Å². The molecule has 102 valence electrons. The number of hydrogen-bond acceptors (Lipinski definition) is 2. The lowest BCUT2D eigenvalue weighted by Gasteiger charge is -2.12. The van der Waals surface area contributed by atoms with E-state index in [9.17, 15) is 9.18 Å². The minimum atomic E-state index is -0.976. The predicted molar refractivity (Wildman–Crippen MR) is 74.3 cm³/mol. The molecule has 1 aliphatic rings. The van der Waals surface area contributed by atoms with Crippen LogP contribution in [-0.4, -0.2) is 17.6 Å². The van der Waals surface area contributed by atoms with Crippen LogP contribution in [0.15, 0.2) is 36.4 Å². The van der Waals surface area contributed by atoms with Gasteiger partial charge in [-0.15, -0.1) is 0 Å². The number of halogens is 1. The molecule has 0 radical (unpaired) electrons. The zero-order valence-corrected chi connectivity index (χ0v) is 10.8. The first-order valence-electron chi connectivity index (χ1n) is 6.49. The Balaban J connectivity index is 2.24. The van der Waals surface area contributed by atoms with Crippen molar-refractivity contribution in [2.24, 2.45) is 5.73 Å². The average molecular weight is 271 g/mol. The number of carboxylic acids is 1. The van der Waals surface area contributed by atoms with Crippen LogP contribution in [0.4, 0.5) is 4.39 Å². The van der Waals surface area contributed by atoms with Crippen molar-refractivity contribution in [2.75, 3.05) is 6.54 Å². The third kappa shape index (κ3) is 1.80. The van der Waals surface area contributed by atoms with Crippen molar-refractivity contribution in [1.29, 1.82) is 0 Å². The number of rotatable bonds is 3. The van der Waals surface area contributed by atoms with Crippen molar-refractivity contribution in [3.05, 3.63) is 58.9 Å². The monoisotopic (exact) mass is 271 g/mol. The molecule has 2 aromatic carbocycles. The number of aromatic carboxylic acids is 1. The molecule has 0 saturated heterocycles. The Morgan fingerprint density at radius 1 is 1.25 bits per heavy atom. The lowest BCUT2D eigenvalue weighted by Crippen LogP contribution is -2.07. The van der Waals surface area contributed by atoms with Gasteiger partial charge in [-0.05, 0) is 47.9 Å². The highest BCUT2D eigenvalue weighted by molar-refractivity contribution is 5.90. The standard InChI is InChI=1S/C16H14FNO2/c17-14-3-1-2-11-10(6-7-18)13-8-9(16(19)20)4-5-12(13)15(11)14/h1-5,8,10H,6-7,18H2,(H,19,20). The van der Waals surface area contributed by atoms with E-state index >= 15 is 0 Å². The molecule has 2 aromatic rings. The van der Waals surface area contributed by atoms with Gasteiger partial charge in [-0.1, -0.05) is 18.2 Å². The quantitative estimate of drug-likeness (QED) is 0.902. The van der Waals surface area contributed by atoms with E-state index in [1.165, 1.54) is 12.1 Å². The van der Waals surface area contributed by atoms with Crippen molar-refractivity contribution in [3.63, 3.8) is 0 Å². The molecule has 1 atom stereocenters. The van der Waals surface area contributed by atoms with Gasteiger partial charge >= 0.3 is 5.97 Å². The van der Waals surface area contributed by atoms with Gasteiger partial charge in [-0.2, -0.15) is 0 Å². The molecule has 3 rings (SSSR count). The fraction of sp³-hybridized carbons (Fsp3) is 0.188. The van der Waals surface area contributed by atoms with Crippen LogP contribution in [0.25, 0.3) is 11.1 Å². The maximum atomic E-state index is 14.1. The van der Waals surface area contributed by atoms with Crippen LogP contribution in [0.5, 0.6) is 0 Å². The molecule has 0 aliphatic heterocycles. The van der Waals surface area contributed by atoms with E-state index in [0.29, 0.717) is 18.5 Å². The molecule has 3 N–H and O–H groups in total. The maximum Gasteiger partial charge on any atom is 0.335 e. The fourth-order valence-electron chi connectivity index (χ4n) is 2.97. The number of nitrogens with two attached hydrogens (primary N) is 1. The summed E-state index contributed by atoms with van der Waals surface area (Å²) in [6.45, 7) is 0.470. The second kappa shape index (κ2) is 4.72. The molecule has 0 heterocycles. The number of hydrogen-bond donors (Lipinski definition) is 2. The summed E-state index contributed by atoms with van der Waals surface area (Å²) in [7, 11) is 0. The van der Waals surface area contributed by atoms with Crippen LogP contribution >= 0.6 is 0 Å². The molecule has 0 spiro atoms. The molecule has 1 aliphatic carbocycles. The smallest absolute Gasteiger partial charge is 0.335 e. The Morgan fingerprint density at radius 2 is 2.05 bits per heavy atom. The highest BCUT2D eigenvalue weighted by Crippen LogP contribution is 2.47. The second-order valence-electron chi connectivity index (χ2n) is 4.94. The van der Waals surface area contributed by atoms with E-state index in [0.717, 1.165) is 16.7 Å². The Hall–Kier alpha value is -2.20. The Kier molecular flexibility index (Phi) is 3.03. The first kappa shape index (κ1) is 12.8. The first-order chi connectivity index (χ1) is 9.63. The zero-order chi connectivity index (χ0) is 14.3. The van der Waals surface area contributed by atoms with E-state index in [2.05, 4.69) is 0 Å². The summed E-state index contributed by atoms with van der Waals surface area (Å²) in [5.41, 5.74) is 8.98. The van der Waals surface area contributed by atoms with Crippen molar-refractivity contribution < 1.29 is 14.3 Å². The Morgan fingerprint density at radius 3 is 2.75 bits per heavy atom. The maximum absolute atomic E-state index is 14.1. The van der Waals surface area contributed by atoms with E-state index in [1.807, 2.05) is 6.07 Å². The van der Waals surface area contributed by atoms with Gasteiger partial charge in [0.15, 0.2) is 0 Å². The molecular weight excluding hydrogens is 257 g/mol. The molecule has 1 unspecified atom stereocenters. The van der Waals surface area contributed by atoms with Crippen molar-refractivity contribution in [2.45, 2.75) is 12.3 Å². The van der Waals surface area contributed by atoms with Gasteiger partial charge in [0.25, 0.3) is 0 Å². The van der Waals surface area contributed by atoms with Crippen molar-refractivity contribution in [1.82, 2.24) is 0 Å². The number of benzene rings is 2. The summed E-state index contributed by atoms with van der Waals surface area (Å²) < 4.78 is 14.1. The van der Waals surface area contributed by atoms with Gasteiger partial charge in [0.05, 0.1) is 5.56 Å². The van der Waals surface area contributed by atoms with Crippen LogP contribution in [-0.2, 0) is 0 Å². The van der Waals surface area contributed by atoms with Gasteiger partial charge in [-0.25, -0.2) is 9.18 Å². The van der Waals surface area contributed by atoms with Gasteiger partial charge in [-0.3, -0.25) is 0 Å². The van der Waals surface area contributed by atoms with Crippen LogP contribution < -0.4 is 5.73 Å². The fourth-order valence-corrected chi connectivity index (χ4v) is 2.97. The van der Waals surface area contributed by atoms with Crippen LogP contribution in [0.3, 0.4) is 0 Å². The SMILES string of the molecule is NCCC1c2cc(C(=O)O)ccc2-c2c(F)cccc21. The van der Waals surface area contributed by atoms with Gasteiger partial charge in [0.1, 0.15) is 5.82 Å². The lowest BCUT2D eigenvalue weighted by molar-refractivity contribution is 0.0697. The molecule has 0 saturated carbocycles. The summed E-state index contributed by atoms with van der Waals surface area (Å²) in [5, 5.41) is 9.11. The normalized spacial score (nSPS) is 15.8. The highest BCUT2D eigenvalue weighted by Gasteiger charge is 2.30. The zero-order valence-electron chi connectivity index (χ0n) is 10.8. The molecule has 0 fully saturated rings. The van der Waals surface area contributed by atoms with E-state index in [4.69, 9.17) is 10.8 Å². The molecule has 20 heavy (non-hydrogen) atoms. The lowest BCUT2D eigenvalue weighted by atomic mass is 9.93. The van der Waals surface area contributed by atoms with Crippen LogP contribution in [0.2, 0.25) is 0 Å². The van der Waals surface area contributed by atoms with Gasteiger partial charge in [0.2, 0.25) is 0 Å². The number of carbonyl (C=O) groups is 1. The van der Waals surface area contributed by atoms with E-state index in [-0.39, 0.29) is 17.3 Å². The van der Waals surface area contributed by atoms with E-state index in [1.54, 1.807) is 18.2 Å². The van der Waals surface area contributed by atoms with Crippen molar-refractivity contribution >= 4 is 5.97 Å². The first-order valence-corrected chi connectivity index (χ1v) is 6.49. The third-order valence-electron chi connectivity index (χ3n) is 3.82. The van der Waals surface area contributed by atoms with Crippen LogP contribution in [0, 0.1) is 5.82 Å². The molecule has 0 bridgehead atoms. The molecule has 3 nitrogen and oxygen atoms in total. The minimum Gasteiger partial charge on any atom is -0.478 e. The van der Waals surface area contributed by atoms with Crippen LogP contribution in [0.1, 0.15) is 33.8 Å². The van der Waals surface area contributed by atoms with Gasteiger partial charge < -0.3 is 10.8 Å². The van der Waals surface area contributed by atoms with Gasteiger partial charge in [0, 0.05) is 11.5 Å². The number of carboxylic acid groups (broad SMARTS) is 1.